The van der Waals surface area contributed by atoms with Gasteiger partial charge >= 0.3 is 0 Å². The maximum absolute atomic E-state index is 0. The van der Waals surface area contributed by atoms with Crippen LogP contribution in [0.1, 0.15) is 0 Å². The largest absolute Gasteiger partial charge is 0 e. The normalized spacial score (nSPS) is 0. The molecule has 0 spiro atoms. The number of hydrogen-bond donors (Lipinski definition) is 0. The van der Waals surface area contributed by atoms with Crippen LogP contribution < -0.4 is 0 Å². The molecular weight excluding hydrogens is 378 g/mol. The van der Waals surface area contributed by atoms with Crippen LogP contribution in [0.5, 0.6) is 0 Å². The van der Waals surface area contributed by atoms with Crippen molar-refractivity contribution in [2.24, 2.45) is 0 Å². The molecule has 6 heavy (non-hydrogen) atoms. The maximum atomic E-state index is 0. The summed E-state index contributed by atoms with van der Waals surface area (Å²) in [4.78, 5) is 0. The maximum Gasteiger partial charge on any atom is 0 e. The van der Waals surface area contributed by atoms with Crippen LogP contribution in [0.2, 0.25) is 0 Å². The van der Waals surface area contributed by atoms with E-state index in [1.54, 1.807) is 0 Å². The molecule has 0 atom stereocenters. The molecule has 6 heteroatoms. The zero-order valence-corrected chi connectivity index (χ0v) is 10.3. The Morgan fingerprint density at radius 3 is 0.833 bits per heavy atom. The van der Waals surface area contributed by atoms with Crippen molar-refractivity contribution in [3.05, 3.63) is 0 Å². The van der Waals surface area contributed by atoms with E-state index in [0.29, 0.717) is 0 Å². The summed E-state index contributed by atoms with van der Waals surface area (Å²) in [6, 6.07) is 0. The first-order chi connectivity index (χ1) is 0. The smallest absolute Gasteiger partial charge is 0 e. The van der Waals surface area contributed by atoms with Crippen molar-refractivity contribution in [3.63, 3.8) is 0 Å². The van der Waals surface area contributed by atoms with E-state index >= 15 is 0 Å². The molecule has 0 amide bonds. The molecule has 0 saturated carbocycles. The van der Waals surface area contributed by atoms with E-state index in [0.717, 1.165) is 0 Å². The SMILES string of the molecule is [B].[Co].[Cr].[Fe].[Fe].[Nd]. The topological polar surface area (TPSA) is 0 Å². The van der Waals surface area contributed by atoms with Crippen molar-refractivity contribution in [1.29, 1.82) is 0 Å². The first-order valence-electron chi connectivity index (χ1n) is 0. The summed E-state index contributed by atoms with van der Waals surface area (Å²) in [5.41, 5.74) is 0. The molecule has 0 fully saturated rings. The summed E-state index contributed by atoms with van der Waals surface area (Å²) in [5, 5.41) is 0. The van der Waals surface area contributed by atoms with Crippen molar-refractivity contribution >= 4 is 8.41 Å². The van der Waals surface area contributed by atoms with Crippen LogP contribution in [-0.2, 0) is 68.3 Å². The predicted octanol–water partition coefficient (Wildman–Crippen LogP) is -0.391. The fourth-order valence-corrected chi connectivity index (χ4v) is 0. The van der Waals surface area contributed by atoms with Gasteiger partial charge in [0.15, 0.2) is 0 Å². The molecule has 0 unspecified atom stereocenters. The quantitative estimate of drug-likeness (QED) is 0.505. The molecule has 0 heterocycles. The van der Waals surface area contributed by atoms with Gasteiger partial charge in [-0.1, -0.05) is 0 Å². The van der Waals surface area contributed by atoms with Crippen LogP contribution >= 0.6 is 0 Å². The van der Waals surface area contributed by atoms with E-state index in [2.05, 4.69) is 0 Å². The summed E-state index contributed by atoms with van der Waals surface area (Å²) < 4.78 is 0. The van der Waals surface area contributed by atoms with Gasteiger partial charge < -0.3 is 0 Å². The van der Waals surface area contributed by atoms with Crippen LogP contribution in [0.3, 0.4) is 0 Å². The van der Waals surface area contributed by atoms with Gasteiger partial charge in [0, 0.05) is 118 Å². The molecule has 0 bridgehead atoms. The first-order valence-corrected chi connectivity index (χ1v) is 0. The Morgan fingerprint density at radius 1 is 0.833 bits per heavy atom. The van der Waals surface area contributed by atoms with Gasteiger partial charge in [-0.2, -0.15) is 0 Å². The Bertz CT molecular complexity index is 13.5. The molecular formula is BCoCrFe2Nd. The van der Waals surface area contributed by atoms with Crippen molar-refractivity contribution < 1.29 is 109 Å². The van der Waals surface area contributed by atoms with E-state index in [1.807, 2.05) is 0 Å². The van der Waals surface area contributed by atoms with Gasteiger partial charge in [-0.25, -0.2) is 0 Å². The van der Waals surface area contributed by atoms with Gasteiger partial charge in [0.25, 0.3) is 0 Å². The van der Waals surface area contributed by atoms with E-state index in [1.165, 1.54) is 0 Å². The van der Waals surface area contributed by atoms with Gasteiger partial charge in [0.2, 0.25) is 0 Å². The van der Waals surface area contributed by atoms with E-state index < -0.39 is 0 Å². The monoisotopic (exact) mass is 376 g/mol. The molecule has 0 aromatic carbocycles. The molecule has 0 rings (SSSR count). The van der Waals surface area contributed by atoms with Gasteiger partial charge in [-0.3, -0.25) is 0 Å². The van der Waals surface area contributed by atoms with Crippen molar-refractivity contribution in [2.75, 3.05) is 0 Å². The fourth-order valence-electron chi connectivity index (χ4n) is 0. The third kappa shape index (κ3) is 25.9. The van der Waals surface area contributed by atoms with Crippen LogP contribution in [-0.4, -0.2) is 8.41 Å². The zero-order valence-electron chi connectivity index (χ0n) is 2.53. The molecule has 0 aromatic heterocycles. The van der Waals surface area contributed by atoms with E-state index in [4.69, 9.17) is 0 Å². The molecule has 0 aliphatic carbocycles. The van der Waals surface area contributed by atoms with E-state index in [9.17, 15) is 0 Å². The Hall–Kier alpha value is 3.49. The Balaban J connectivity index is 0. The van der Waals surface area contributed by atoms with Gasteiger partial charge in [0.05, 0.1) is 0 Å². The fraction of sp³-hybridized carbons (Fsp3) is 0. The van der Waals surface area contributed by atoms with Crippen molar-refractivity contribution in [3.8, 4) is 0 Å². The number of rotatable bonds is 0. The third-order valence-corrected chi connectivity index (χ3v) is 0. The Labute approximate surface area is 115 Å². The van der Waals surface area contributed by atoms with Crippen LogP contribution in [0.25, 0.3) is 0 Å². The average Bonchev–Trinajstić information content (AvgIpc) is 0. The molecule has 0 aliphatic heterocycles. The molecule has 38 valence electrons. The van der Waals surface area contributed by atoms with Crippen LogP contribution in [0.4, 0.5) is 0 Å². The van der Waals surface area contributed by atoms with Crippen LogP contribution in [0, 0.1) is 40.8 Å². The van der Waals surface area contributed by atoms with Gasteiger partial charge in [0.1, 0.15) is 0 Å². The summed E-state index contributed by atoms with van der Waals surface area (Å²) in [7, 11) is 0. The zero-order chi connectivity index (χ0) is 0. The minimum atomic E-state index is 0. The summed E-state index contributed by atoms with van der Waals surface area (Å²) in [6.45, 7) is 0. The van der Waals surface area contributed by atoms with Crippen LogP contribution in [0.15, 0.2) is 0 Å². The Morgan fingerprint density at radius 2 is 0.833 bits per heavy atom. The molecule has 0 nitrogen and oxygen atoms in total. The van der Waals surface area contributed by atoms with Gasteiger partial charge in [-0.05, 0) is 0 Å². The minimum absolute atomic E-state index is 0. The van der Waals surface area contributed by atoms with Gasteiger partial charge in [-0.15, -0.1) is 0 Å². The average molecular weight is 378 g/mol. The molecule has 4 radical (unpaired) electrons. The Kier molecular flexibility index (Phi) is 365. The second-order valence-corrected chi connectivity index (χ2v) is 0. The summed E-state index contributed by atoms with van der Waals surface area (Å²) in [5.74, 6) is 0. The molecule has 0 saturated heterocycles. The molecule has 0 N–H and O–H groups in total. The van der Waals surface area contributed by atoms with Crippen molar-refractivity contribution in [2.45, 2.75) is 0 Å². The first kappa shape index (κ1) is 56.1. The van der Waals surface area contributed by atoms with E-state index in [-0.39, 0.29) is 118 Å². The number of hydrogen-bond acceptors (Lipinski definition) is 0. The minimum Gasteiger partial charge on any atom is 0 e. The molecule has 0 aliphatic rings. The predicted molar refractivity (Wildman–Crippen MR) is 5.75 cm³/mol. The standard InChI is InChI=1S/B.Co.Cr.2Fe.Nd. The third-order valence-electron chi connectivity index (χ3n) is 0. The summed E-state index contributed by atoms with van der Waals surface area (Å²) in [6.07, 6.45) is 0. The second-order valence-electron chi connectivity index (χ2n) is 0. The van der Waals surface area contributed by atoms with Crippen molar-refractivity contribution in [1.82, 2.24) is 0 Å². The molecule has 0 aromatic rings. The second kappa shape index (κ2) is 39.1. The summed E-state index contributed by atoms with van der Waals surface area (Å²) >= 11 is 0.